The van der Waals surface area contributed by atoms with Gasteiger partial charge in [-0.25, -0.2) is 4.39 Å². The fourth-order valence-electron chi connectivity index (χ4n) is 2.16. The van der Waals surface area contributed by atoms with E-state index in [0.29, 0.717) is 11.4 Å². The lowest BCUT2D eigenvalue weighted by Crippen LogP contribution is -2.02. The molecular formula is C13H14FN7. The van der Waals surface area contributed by atoms with Gasteiger partial charge in [0.2, 0.25) is 0 Å². The Morgan fingerprint density at radius 3 is 2.86 bits per heavy atom. The number of aryl methyl sites for hydroxylation is 2. The summed E-state index contributed by atoms with van der Waals surface area (Å²) < 4.78 is 16.6. The van der Waals surface area contributed by atoms with Crippen LogP contribution in [0.2, 0.25) is 0 Å². The van der Waals surface area contributed by atoms with Gasteiger partial charge in [-0.2, -0.15) is 9.78 Å². The Morgan fingerprint density at radius 2 is 2.14 bits per heavy atom. The second-order valence-electron chi connectivity index (χ2n) is 4.64. The molecule has 0 saturated carbocycles. The van der Waals surface area contributed by atoms with Crippen LogP contribution in [0.25, 0.3) is 17.1 Å². The normalized spacial score (nSPS) is 11.0. The van der Waals surface area contributed by atoms with Crippen molar-refractivity contribution >= 4 is 5.69 Å². The minimum Gasteiger partial charge on any atom is -0.396 e. The van der Waals surface area contributed by atoms with E-state index >= 15 is 0 Å². The largest absolute Gasteiger partial charge is 0.396 e. The predicted molar refractivity (Wildman–Crippen MR) is 75.1 cm³/mol. The van der Waals surface area contributed by atoms with Gasteiger partial charge in [0.05, 0.1) is 17.6 Å². The maximum Gasteiger partial charge on any atom is 0.187 e. The molecule has 2 N–H and O–H groups in total. The number of aromatic nitrogens is 6. The molecule has 2 heterocycles. The van der Waals surface area contributed by atoms with Crippen LogP contribution in [0.5, 0.6) is 0 Å². The van der Waals surface area contributed by atoms with Gasteiger partial charge in [0.15, 0.2) is 5.82 Å². The summed E-state index contributed by atoms with van der Waals surface area (Å²) in [5.41, 5.74) is 7.98. The molecule has 3 aromatic rings. The Hall–Kier alpha value is -2.77. The molecule has 0 radical (unpaired) electrons. The summed E-state index contributed by atoms with van der Waals surface area (Å²) in [5, 5.41) is 16.1. The molecule has 0 fully saturated rings. The van der Waals surface area contributed by atoms with Crippen molar-refractivity contribution in [3.8, 4) is 17.1 Å². The minimum absolute atomic E-state index is 0.0592. The molecule has 0 amide bonds. The second-order valence-corrected chi connectivity index (χ2v) is 4.64. The Bertz CT molecular complexity index is 790. The first kappa shape index (κ1) is 13.2. The van der Waals surface area contributed by atoms with Crippen LogP contribution in [0.4, 0.5) is 10.1 Å². The van der Waals surface area contributed by atoms with E-state index in [0.717, 1.165) is 17.8 Å². The molecule has 0 aliphatic heterocycles. The van der Waals surface area contributed by atoms with E-state index in [1.54, 1.807) is 15.4 Å². The van der Waals surface area contributed by atoms with Gasteiger partial charge in [0.25, 0.3) is 0 Å². The molecule has 1 aromatic carbocycles. The van der Waals surface area contributed by atoms with Crippen LogP contribution in [0.3, 0.4) is 0 Å². The van der Waals surface area contributed by atoms with Crippen molar-refractivity contribution in [3.63, 3.8) is 0 Å². The Balaban J connectivity index is 2.14. The molecule has 0 unspecified atom stereocenters. The van der Waals surface area contributed by atoms with Crippen molar-refractivity contribution in [1.29, 1.82) is 0 Å². The quantitative estimate of drug-likeness (QED) is 0.735. The number of hydrogen-bond donors (Lipinski definition) is 1. The number of nitrogen functional groups attached to an aromatic ring is 1. The third kappa shape index (κ3) is 2.24. The van der Waals surface area contributed by atoms with Gasteiger partial charge in [0, 0.05) is 12.6 Å². The van der Waals surface area contributed by atoms with E-state index in [4.69, 9.17) is 5.73 Å². The molecule has 0 atom stereocenters. The molecule has 2 aromatic heterocycles. The first-order valence-corrected chi connectivity index (χ1v) is 6.46. The zero-order valence-electron chi connectivity index (χ0n) is 11.7. The molecule has 7 nitrogen and oxygen atoms in total. The van der Waals surface area contributed by atoms with E-state index in [1.807, 2.05) is 20.2 Å². The summed E-state index contributed by atoms with van der Waals surface area (Å²) in [6.45, 7) is 2.01. The Labute approximate surface area is 120 Å². The van der Waals surface area contributed by atoms with Gasteiger partial charge in [-0.3, -0.25) is 4.68 Å². The average Bonchev–Trinajstić information content (AvgIpc) is 3.07. The highest BCUT2D eigenvalue weighted by atomic mass is 19.1. The number of tetrazole rings is 1. The van der Waals surface area contributed by atoms with Crippen LogP contribution in [-0.4, -0.2) is 30.0 Å². The van der Waals surface area contributed by atoms with Crippen molar-refractivity contribution in [2.24, 2.45) is 7.05 Å². The smallest absolute Gasteiger partial charge is 0.187 e. The molecule has 0 spiro atoms. The van der Waals surface area contributed by atoms with Crippen LogP contribution in [0, 0.1) is 5.82 Å². The molecule has 0 aliphatic rings. The fourth-order valence-corrected chi connectivity index (χ4v) is 2.16. The van der Waals surface area contributed by atoms with Crippen molar-refractivity contribution in [3.05, 3.63) is 35.9 Å². The number of nitrogens with two attached hydrogens (primary N) is 1. The standard InChI is InChI=1S/C13H14FN7/c1-3-11-12(7-20(2)17-11)21-13(16-18-19-21)8-4-5-9(14)10(15)6-8/h4-7H,3,15H2,1-2H3. The highest BCUT2D eigenvalue weighted by Crippen LogP contribution is 2.24. The van der Waals surface area contributed by atoms with Crippen LogP contribution in [0.1, 0.15) is 12.6 Å². The first-order chi connectivity index (χ1) is 10.1. The summed E-state index contributed by atoms with van der Waals surface area (Å²) in [6.07, 6.45) is 2.59. The lowest BCUT2D eigenvalue weighted by molar-refractivity contribution is 0.632. The summed E-state index contributed by atoms with van der Waals surface area (Å²) in [7, 11) is 1.84. The number of hydrogen-bond acceptors (Lipinski definition) is 5. The van der Waals surface area contributed by atoms with Crippen molar-refractivity contribution < 1.29 is 4.39 Å². The molecule has 3 rings (SSSR count). The van der Waals surface area contributed by atoms with E-state index in [2.05, 4.69) is 20.6 Å². The topological polar surface area (TPSA) is 87.4 Å². The van der Waals surface area contributed by atoms with Gasteiger partial charge >= 0.3 is 0 Å². The lowest BCUT2D eigenvalue weighted by atomic mass is 10.2. The summed E-state index contributed by atoms with van der Waals surface area (Å²) in [5.74, 6) is 0.0257. The number of anilines is 1. The average molecular weight is 287 g/mol. The Kier molecular flexibility index (Phi) is 3.13. The van der Waals surface area contributed by atoms with Crippen molar-refractivity contribution in [2.75, 3.05) is 5.73 Å². The molecule has 21 heavy (non-hydrogen) atoms. The summed E-state index contributed by atoms with van der Waals surface area (Å²) in [4.78, 5) is 0. The highest BCUT2D eigenvalue weighted by molar-refractivity contribution is 5.63. The third-order valence-corrected chi connectivity index (χ3v) is 3.17. The molecular weight excluding hydrogens is 273 g/mol. The highest BCUT2D eigenvalue weighted by Gasteiger charge is 2.16. The Morgan fingerprint density at radius 1 is 1.33 bits per heavy atom. The van der Waals surface area contributed by atoms with Crippen LogP contribution in [0.15, 0.2) is 24.4 Å². The number of rotatable bonds is 3. The molecule has 108 valence electrons. The maximum absolute atomic E-state index is 13.3. The number of benzene rings is 1. The van der Waals surface area contributed by atoms with Gasteiger partial charge in [0.1, 0.15) is 11.5 Å². The zero-order valence-corrected chi connectivity index (χ0v) is 11.7. The SMILES string of the molecule is CCc1nn(C)cc1-n1nnnc1-c1ccc(F)c(N)c1. The van der Waals surface area contributed by atoms with Crippen LogP contribution >= 0.6 is 0 Å². The third-order valence-electron chi connectivity index (χ3n) is 3.17. The summed E-state index contributed by atoms with van der Waals surface area (Å²) in [6, 6.07) is 4.41. The predicted octanol–water partition coefficient (Wildman–Crippen LogP) is 1.35. The van der Waals surface area contributed by atoms with Crippen molar-refractivity contribution in [1.82, 2.24) is 30.0 Å². The molecule has 0 bridgehead atoms. The number of halogens is 1. The van der Waals surface area contributed by atoms with E-state index in [9.17, 15) is 4.39 Å². The lowest BCUT2D eigenvalue weighted by Gasteiger charge is -2.05. The van der Waals surface area contributed by atoms with E-state index in [1.165, 1.54) is 12.1 Å². The van der Waals surface area contributed by atoms with Crippen molar-refractivity contribution in [2.45, 2.75) is 13.3 Å². The number of nitrogens with zero attached hydrogens (tertiary/aromatic N) is 6. The van der Waals surface area contributed by atoms with Crippen LogP contribution < -0.4 is 5.73 Å². The minimum atomic E-state index is -0.464. The molecule has 0 aliphatic carbocycles. The van der Waals surface area contributed by atoms with Crippen LogP contribution in [-0.2, 0) is 13.5 Å². The fraction of sp³-hybridized carbons (Fsp3) is 0.231. The monoisotopic (exact) mass is 287 g/mol. The maximum atomic E-state index is 13.3. The van der Waals surface area contributed by atoms with E-state index in [-0.39, 0.29) is 5.69 Å². The molecule has 8 heteroatoms. The van der Waals surface area contributed by atoms with Gasteiger partial charge < -0.3 is 5.73 Å². The van der Waals surface area contributed by atoms with Gasteiger partial charge in [-0.15, -0.1) is 5.10 Å². The summed E-state index contributed by atoms with van der Waals surface area (Å²) >= 11 is 0. The zero-order chi connectivity index (χ0) is 15.0. The van der Waals surface area contributed by atoms with E-state index < -0.39 is 5.82 Å². The molecule has 0 saturated heterocycles. The van der Waals surface area contributed by atoms with Gasteiger partial charge in [-0.1, -0.05) is 6.92 Å². The van der Waals surface area contributed by atoms with Gasteiger partial charge in [-0.05, 0) is 35.0 Å². The first-order valence-electron chi connectivity index (χ1n) is 6.46. The second kappa shape index (κ2) is 4.97.